The lowest BCUT2D eigenvalue weighted by atomic mass is 10.0. The van der Waals surface area contributed by atoms with Gasteiger partial charge in [-0.25, -0.2) is 0 Å². The van der Waals surface area contributed by atoms with E-state index >= 15 is 0 Å². The van der Waals surface area contributed by atoms with Crippen LogP contribution in [0, 0.1) is 0 Å². The van der Waals surface area contributed by atoms with Crippen LogP contribution in [0.25, 0.3) is 5.57 Å². The fraction of sp³-hybridized carbons (Fsp3) is 0.333. The first-order valence-electron chi connectivity index (χ1n) is 3.98. The highest BCUT2D eigenvalue weighted by Gasteiger charge is 2.11. The number of hydrogen-bond donors (Lipinski definition) is 2. The summed E-state index contributed by atoms with van der Waals surface area (Å²) in [5.74, 6) is 0. The van der Waals surface area contributed by atoms with E-state index in [0.29, 0.717) is 6.54 Å². The summed E-state index contributed by atoms with van der Waals surface area (Å²) >= 11 is 1.68. The molecule has 0 spiro atoms. The average molecular weight is 181 g/mol. The zero-order chi connectivity index (χ0) is 8.39. The van der Waals surface area contributed by atoms with E-state index in [1.807, 2.05) is 6.08 Å². The minimum atomic E-state index is -0.325. The third-order valence-electron chi connectivity index (χ3n) is 1.95. The van der Waals surface area contributed by atoms with Crippen LogP contribution in [0.1, 0.15) is 5.56 Å². The Labute approximate surface area is 75.5 Å². The summed E-state index contributed by atoms with van der Waals surface area (Å²) in [6, 6.07) is 2.08. The van der Waals surface area contributed by atoms with Gasteiger partial charge in [-0.3, -0.25) is 0 Å². The van der Waals surface area contributed by atoms with E-state index in [0.717, 1.165) is 6.54 Å². The van der Waals surface area contributed by atoms with Crippen molar-refractivity contribution < 1.29 is 5.11 Å². The Kier molecular flexibility index (Phi) is 2.26. The molecule has 1 aliphatic heterocycles. The SMILES string of the molecule is OC1C=C(c2ccsc2)CNC1. The molecule has 0 aliphatic carbocycles. The third-order valence-corrected chi connectivity index (χ3v) is 2.64. The summed E-state index contributed by atoms with van der Waals surface area (Å²) in [5.41, 5.74) is 2.43. The van der Waals surface area contributed by atoms with Crippen LogP contribution in [0.2, 0.25) is 0 Å². The van der Waals surface area contributed by atoms with Gasteiger partial charge in [0.15, 0.2) is 0 Å². The van der Waals surface area contributed by atoms with Crippen LogP contribution in [0.5, 0.6) is 0 Å². The van der Waals surface area contributed by atoms with E-state index in [-0.39, 0.29) is 6.10 Å². The molecule has 0 radical (unpaired) electrons. The van der Waals surface area contributed by atoms with Crippen molar-refractivity contribution in [2.45, 2.75) is 6.10 Å². The van der Waals surface area contributed by atoms with Crippen molar-refractivity contribution in [3.05, 3.63) is 28.5 Å². The maximum Gasteiger partial charge on any atom is 0.0851 e. The Hall–Kier alpha value is -0.640. The van der Waals surface area contributed by atoms with Gasteiger partial charge in [0.2, 0.25) is 0 Å². The van der Waals surface area contributed by atoms with Crippen molar-refractivity contribution in [1.29, 1.82) is 0 Å². The van der Waals surface area contributed by atoms with E-state index in [2.05, 4.69) is 22.1 Å². The number of aliphatic hydroxyl groups is 1. The van der Waals surface area contributed by atoms with Crippen LogP contribution in [-0.2, 0) is 0 Å². The van der Waals surface area contributed by atoms with Gasteiger partial charge in [0.05, 0.1) is 6.10 Å². The van der Waals surface area contributed by atoms with E-state index in [9.17, 15) is 5.11 Å². The first kappa shape index (κ1) is 7.98. The van der Waals surface area contributed by atoms with Crippen LogP contribution in [0.3, 0.4) is 0 Å². The second kappa shape index (κ2) is 3.39. The number of aliphatic hydroxyl groups excluding tert-OH is 1. The van der Waals surface area contributed by atoms with Gasteiger partial charge in [-0.05, 0) is 34.0 Å². The highest BCUT2D eigenvalue weighted by Crippen LogP contribution is 2.19. The maximum atomic E-state index is 9.34. The molecule has 0 bridgehead atoms. The number of thiophene rings is 1. The van der Waals surface area contributed by atoms with E-state index in [1.54, 1.807) is 11.3 Å². The first-order chi connectivity index (χ1) is 5.86. The average Bonchev–Trinajstić information content (AvgIpc) is 2.56. The van der Waals surface area contributed by atoms with Crippen LogP contribution in [-0.4, -0.2) is 24.3 Å². The highest BCUT2D eigenvalue weighted by molar-refractivity contribution is 7.08. The van der Waals surface area contributed by atoms with Crippen molar-refractivity contribution in [2.75, 3.05) is 13.1 Å². The third kappa shape index (κ3) is 1.58. The van der Waals surface area contributed by atoms with Gasteiger partial charge >= 0.3 is 0 Å². The highest BCUT2D eigenvalue weighted by atomic mass is 32.1. The zero-order valence-corrected chi connectivity index (χ0v) is 7.47. The predicted molar refractivity (Wildman–Crippen MR) is 51.2 cm³/mol. The molecule has 12 heavy (non-hydrogen) atoms. The van der Waals surface area contributed by atoms with Gasteiger partial charge < -0.3 is 10.4 Å². The summed E-state index contributed by atoms with van der Waals surface area (Å²) < 4.78 is 0. The largest absolute Gasteiger partial charge is 0.388 e. The molecule has 0 saturated heterocycles. The van der Waals surface area contributed by atoms with Gasteiger partial charge in [0.1, 0.15) is 0 Å². The molecule has 2 nitrogen and oxygen atoms in total. The summed E-state index contributed by atoms with van der Waals surface area (Å²) in [6.07, 6.45) is 1.60. The minimum Gasteiger partial charge on any atom is -0.388 e. The summed E-state index contributed by atoms with van der Waals surface area (Å²) in [4.78, 5) is 0. The van der Waals surface area contributed by atoms with Crippen LogP contribution in [0.15, 0.2) is 22.9 Å². The summed E-state index contributed by atoms with van der Waals surface area (Å²) in [7, 11) is 0. The molecule has 1 unspecified atom stereocenters. The quantitative estimate of drug-likeness (QED) is 0.680. The van der Waals surface area contributed by atoms with Crippen molar-refractivity contribution in [2.24, 2.45) is 0 Å². The van der Waals surface area contributed by atoms with Gasteiger partial charge in [0.25, 0.3) is 0 Å². The molecule has 1 atom stereocenters. The smallest absolute Gasteiger partial charge is 0.0851 e. The second-order valence-corrected chi connectivity index (χ2v) is 3.68. The normalized spacial score (nSPS) is 23.8. The van der Waals surface area contributed by atoms with E-state index < -0.39 is 0 Å². The molecule has 1 aliphatic rings. The molecule has 64 valence electrons. The molecule has 2 N–H and O–H groups in total. The zero-order valence-electron chi connectivity index (χ0n) is 6.66. The molecular weight excluding hydrogens is 170 g/mol. The Morgan fingerprint density at radius 1 is 1.58 bits per heavy atom. The topological polar surface area (TPSA) is 32.3 Å². The number of hydrogen-bond acceptors (Lipinski definition) is 3. The molecule has 1 aromatic heterocycles. The number of rotatable bonds is 1. The fourth-order valence-corrected chi connectivity index (χ4v) is 2.03. The summed E-state index contributed by atoms with van der Waals surface area (Å²) in [6.45, 7) is 1.54. The van der Waals surface area contributed by atoms with Crippen molar-refractivity contribution in [3.8, 4) is 0 Å². The fourth-order valence-electron chi connectivity index (χ4n) is 1.35. The lowest BCUT2D eigenvalue weighted by molar-refractivity contribution is 0.217. The molecule has 0 saturated carbocycles. The Morgan fingerprint density at radius 2 is 2.50 bits per heavy atom. The summed E-state index contributed by atoms with van der Waals surface area (Å²) in [5, 5.41) is 16.7. The molecule has 2 rings (SSSR count). The molecule has 0 fully saturated rings. The van der Waals surface area contributed by atoms with Crippen LogP contribution < -0.4 is 5.32 Å². The lowest BCUT2D eigenvalue weighted by Gasteiger charge is -2.17. The molecule has 1 aromatic rings. The lowest BCUT2D eigenvalue weighted by Crippen LogP contribution is -2.31. The Bertz CT molecular complexity index is 279. The standard InChI is InChI=1S/C9H11NOS/c11-9-3-8(4-10-5-9)7-1-2-12-6-7/h1-3,6,9-11H,4-5H2. The Balaban J connectivity index is 2.23. The molecule has 3 heteroatoms. The first-order valence-corrected chi connectivity index (χ1v) is 4.92. The van der Waals surface area contributed by atoms with Gasteiger partial charge in [-0.2, -0.15) is 11.3 Å². The van der Waals surface area contributed by atoms with Gasteiger partial charge in [-0.1, -0.05) is 0 Å². The van der Waals surface area contributed by atoms with E-state index in [4.69, 9.17) is 0 Å². The maximum absolute atomic E-state index is 9.34. The number of β-amino-alcohol motifs (C(OH)–C–C–N with tert-alkyl or cyclic N) is 1. The van der Waals surface area contributed by atoms with Crippen LogP contribution in [0.4, 0.5) is 0 Å². The minimum absolute atomic E-state index is 0.325. The predicted octanol–water partition coefficient (Wildman–Crippen LogP) is 1.10. The molecule has 2 heterocycles. The monoisotopic (exact) mass is 181 g/mol. The molecule has 0 aromatic carbocycles. The molecular formula is C9H11NOS. The Morgan fingerprint density at radius 3 is 3.17 bits per heavy atom. The van der Waals surface area contributed by atoms with E-state index in [1.165, 1.54) is 11.1 Å². The van der Waals surface area contributed by atoms with Gasteiger partial charge in [0, 0.05) is 13.1 Å². The van der Waals surface area contributed by atoms with Crippen molar-refractivity contribution in [3.63, 3.8) is 0 Å². The van der Waals surface area contributed by atoms with Crippen LogP contribution >= 0.6 is 11.3 Å². The number of nitrogens with one attached hydrogen (secondary N) is 1. The van der Waals surface area contributed by atoms with Crippen molar-refractivity contribution >= 4 is 16.9 Å². The molecule has 0 amide bonds. The second-order valence-electron chi connectivity index (χ2n) is 2.90. The van der Waals surface area contributed by atoms with Crippen molar-refractivity contribution in [1.82, 2.24) is 5.32 Å². The van der Waals surface area contributed by atoms with Gasteiger partial charge in [-0.15, -0.1) is 0 Å².